The van der Waals surface area contributed by atoms with E-state index in [1.807, 2.05) is 0 Å². The monoisotopic (exact) mass is 330 g/mol. The van der Waals surface area contributed by atoms with Gasteiger partial charge in [-0.3, -0.25) is 0 Å². The Kier molecular flexibility index (Phi) is 5.24. The van der Waals surface area contributed by atoms with Gasteiger partial charge in [-0.1, -0.05) is 6.92 Å². The molecule has 2 heterocycles. The van der Waals surface area contributed by atoms with E-state index in [1.165, 1.54) is 48.2 Å². The number of thiophene rings is 1. The second kappa shape index (κ2) is 6.51. The zero-order valence-electron chi connectivity index (χ0n) is 11.3. The molecule has 4 heteroatoms. The van der Waals surface area contributed by atoms with Crippen LogP contribution in [0.25, 0.3) is 0 Å². The number of hydrogen-bond donors (Lipinski definition) is 1. The normalized spacial score (nSPS) is 24.7. The van der Waals surface area contributed by atoms with Crippen LogP contribution in [0, 0.1) is 5.41 Å². The lowest BCUT2D eigenvalue weighted by atomic mass is 9.78. The van der Waals surface area contributed by atoms with Crippen molar-refractivity contribution >= 4 is 27.3 Å². The summed E-state index contributed by atoms with van der Waals surface area (Å²) in [5.74, 6) is 0. The number of nitrogens with one attached hydrogen (secondary N) is 1. The zero-order chi connectivity index (χ0) is 13.0. The van der Waals surface area contributed by atoms with Gasteiger partial charge >= 0.3 is 0 Å². The lowest BCUT2D eigenvalue weighted by Crippen LogP contribution is -2.46. The van der Waals surface area contributed by atoms with Gasteiger partial charge in [-0.15, -0.1) is 11.3 Å². The number of rotatable bonds is 5. The van der Waals surface area contributed by atoms with E-state index in [1.54, 1.807) is 11.3 Å². The molecule has 0 spiro atoms. The Morgan fingerprint density at radius 1 is 1.56 bits per heavy atom. The molecule has 1 aromatic rings. The standard InChI is InChI=1S/C14H23BrN2S/c1-3-14(5-4-6-16-10-14)11-17(2)8-12-7-13(15)18-9-12/h7,9,16H,3-6,8,10-11H2,1-2H3. The summed E-state index contributed by atoms with van der Waals surface area (Å²) in [6.45, 7) is 6.97. The van der Waals surface area contributed by atoms with Crippen molar-refractivity contribution in [1.29, 1.82) is 0 Å². The fraction of sp³-hybridized carbons (Fsp3) is 0.714. The molecule has 0 bridgehead atoms. The molecule has 1 atom stereocenters. The molecule has 1 aliphatic heterocycles. The van der Waals surface area contributed by atoms with Crippen LogP contribution in [0.2, 0.25) is 0 Å². The lowest BCUT2D eigenvalue weighted by Gasteiger charge is -2.40. The highest BCUT2D eigenvalue weighted by Gasteiger charge is 2.31. The second-order valence-corrected chi connectivity index (χ2v) is 7.86. The van der Waals surface area contributed by atoms with Crippen LogP contribution in [0.15, 0.2) is 15.2 Å². The van der Waals surface area contributed by atoms with Crippen LogP contribution in [-0.4, -0.2) is 31.6 Å². The molecule has 0 aromatic carbocycles. The molecule has 1 aromatic heterocycles. The third-order valence-electron chi connectivity index (χ3n) is 3.99. The largest absolute Gasteiger partial charge is 0.316 e. The summed E-state index contributed by atoms with van der Waals surface area (Å²) in [7, 11) is 2.25. The first kappa shape index (κ1) is 14.5. The lowest BCUT2D eigenvalue weighted by molar-refractivity contribution is 0.125. The third-order valence-corrected chi connectivity index (χ3v) is 5.54. The Labute approximate surface area is 123 Å². The van der Waals surface area contributed by atoms with Gasteiger partial charge in [0.15, 0.2) is 0 Å². The van der Waals surface area contributed by atoms with Crippen molar-refractivity contribution < 1.29 is 0 Å². The van der Waals surface area contributed by atoms with Crippen LogP contribution in [0.3, 0.4) is 0 Å². The number of halogens is 1. The highest BCUT2D eigenvalue weighted by molar-refractivity contribution is 9.11. The highest BCUT2D eigenvalue weighted by Crippen LogP contribution is 2.31. The van der Waals surface area contributed by atoms with E-state index in [9.17, 15) is 0 Å². The highest BCUT2D eigenvalue weighted by atomic mass is 79.9. The number of hydrogen-bond acceptors (Lipinski definition) is 3. The topological polar surface area (TPSA) is 15.3 Å². The van der Waals surface area contributed by atoms with Gasteiger partial charge in [0, 0.05) is 19.6 Å². The summed E-state index contributed by atoms with van der Waals surface area (Å²) >= 11 is 5.31. The molecular formula is C14H23BrN2S. The van der Waals surface area contributed by atoms with E-state index in [0.29, 0.717) is 5.41 Å². The van der Waals surface area contributed by atoms with E-state index in [0.717, 1.165) is 6.54 Å². The van der Waals surface area contributed by atoms with Crippen LogP contribution in [0.5, 0.6) is 0 Å². The van der Waals surface area contributed by atoms with Crippen LogP contribution < -0.4 is 5.32 Å². The fourth-order valence-electron chi connectivity index (χ4n) is 2.95. The summed E-state index contributed by atoms with van der Waals surface area (Å²) < 4.78 is 1.23. The molecule has 1 saturated heterocycles. The van der Waals surface area contributed by atoms with E-state index in [-0.39, 0.29) is 0 Å². The van der Waals surface area contributed by atoms with Crippen molar-refractivity contribution in [3.8, 4) is 0 Å². The Morgan fingerprint density at radius 3 is 2.94 bits per heavy atom. The molecule has 1 N–H and O–H groups in total. The quantitative estimate of drug-likeness (QED) is 0.885. The average Bonchev–Trinajstić information content (AvgIpc) is 2.75. The Bertz CT molecular complexity index is 372. The minimum absolute atomic E-state index is 0.486. The van der Waals surface area contributed by atoms with Gasteiger partial charge in [0.25, 0.3) is 0 Å². The van der Waals surface area contributed by atoms with E-state index in [2.05, 4.69) is 51.6 Å². The van der Waals surface area contributed by atoms with Gasteiger partial charge in [0.05, 0.1) is 3.79 Å². The minimum atomic E-state index is 0.486. The molecule has 0 aliphatic carbocycles. The van der Waals surface area contributed by atoms with Crippen LogP contribution >= 0.6 is 27.3 Å². The molecule has 1 unspecified atom stereocenters. The SMILES string of the molecule is CCC1(CN(C)Cc2csc(Br)c2)CCCNC1. The maximum Gasteiger partial charge on any atom is 0.0701 e. The van der Waals surface area contributed by atoms with Crippen molar-refractivity contribution in [3.63, 3.8) is 0 Å². The summed E-state index contributed by atoms with van der Waals surface area (Å²) in [5.41, 5.74) is 1.91. The van der Waals surface area contributed by atoms with E-state index >= 15 is 0 Å². The van der Waals surface area contributed by atoms with E-state index < -0.39 is 0 Å². The first-order valence-electron chi connectivity index (χ1n) is 6.76. The molecule has 0 radical (unpaired) electrons. The Morgan fingerprint density at radius 2 is 2.39 bits per heavy atom. The smallest absolute Gasteiger partial charge is 0.0701 e. The van der Waals surface area contributed by atoms with Gasteiger partial charge in [-0.2, -0.15) is 0 Å². The van der Waals surface area contributed by atoms with E-state index in [4.69, 9.17) is 0 Å². The van der Waals surface area contributed by atoms with Crippen molar-refractivity contribution in [1.82, 2.24) is 10.2 Å². The molecule has 1 aliphatic rings. The van der Waals surface area contributed by atoms with Crippen LogP contribution in [0.1, 0.15) is 31.7 Å². The summed E-state index contributed by atoms with van der Waals surface area (Å²) in [6, 6.07) is 2.24. The second-order valence-electron chi connectivity index (χ2n) is 5.57. The maximum absolute atomic E-state index is 3.57. The van der Waals surface area contributed by atoms with Crippen LogP contribution in [-0.2, 0) is 6.54 Å². The summed E-state index contributed by atoms with van der Waals surface area (Å²) in [5, 5.41) is 5.82. The van der Waals surface area contributed by atoms with Crippen molar-refractivity contribution in [2.45, 2.75) is 32.7 Å². The van der Waals surface area contributed by atoms with Gasteiger partial charge in [0.2, 0.25) is 0 Å². The van der Waals surface area contributed by atoms with Gasteiger partial charge in [-0.25, -0.2) is 0 Å². The van der Waals surface area contributed by atoms with Crippen LogP contribution in [0.4, 0.5) is 0 Å². The minimum Gasteiger partial charge on any atom is -0.316 e. The van der Waals surface area contributed by atoms with Crippen molar-refractivity contribution in [3.05, 3.63) is 20.8 Å². The third kappa shape index (κ3) is 3.80. The molecule has 18 heavy (non-hydrogen) atoms. The molecule has 0 saturated carbocycles. The molecule has 0 amide bonds. The molecule has 1 fully saturated rings. The maximum atomic E-state index is 3.57. The Balaban J connectivity index is 1.90. The molecule has 2 nitrogen and oxygen atoms in total. The van der Waals surface area contributed by atoms with Gasteiger partial charge < -0.3 is 10.2 Å². The fourth-order valence-corrected chi connectivity index (χ4v) is 4.15. The average molecular weight is 331 g/mol. The van der Waals surface area contributed by atoms with Gasteiger partial charge in [0.1, 0.15) is 0 Å². The van der Waals surface area contributed by atoms with Crippen molar-refractivity contribution in [2.75, 3.05) is 26.7 Å². The molecule has 2 rings (SSSR count). The first-order chi connectivity index (χ1) is 8.63. The molecule has 102 valence electrons. The Hall–Kier alpha value is 0.1000. The summed E-state index contributed by atoms with van der Waals surface area (Å²) in [4.78, 5) is 2.48. The number of piperidine rings is 1. The number of nitrogens with zero attached hydrogens (tertiary/aromatic N) is 1. The summed E-state index contributed by atoms with van der Waals surface area (Å²) in [6.07, 6.45) is 3.97. The predicted octanol–water partition coefficient (Wildman–Crippen LogP) is 3.72. The van der Waals surface area contributed by atoms with Gasteiger partial charge in [-0.05, 0) is 71.2 Å². The molecular weight excluding hydrogens is 308 g/mol. The first-order valence-corrected chi connectivity index (χ1v) is 8.43. The zero-order valence-corrected chi connectivity index (χ0v) is 13.7. The van der Waals surface area contributed by atoms with Crippen molar-refractivity contribution in [2.24, 2.45) is 5.41 Å². The predicted molar refractivity (Wildman–Crippen MR) is 83.2 cm³/mol.